The largest absolute Gasteiger partial charge is 0.479 e. The van der Waals surface area contributed by atoms with Gasteiger partial charge in [0.25, 0.3) is 0 Å². The molecule has 2 unspecified atom stereocenters. The first-order chi connectivity index (χ1) is 8.58. The second kappa shape index (κ2) is 7.71. The van der Waals surface area contributed by atoms with Crippen molar-refractivity contribution in [1.82, 2.24) is 9.80 Å². The molecule has 5 nitrogen and oxygen atoms in total. The van der Waals surface area contributed by atoms with Gasteiger partial charge in [-0.25, -0.2) is 4.79 Å². The van der Waals surface area contributed by atoms with Crippen molar-refractivity contribution in [3.63, 3.8) is 0 Å². The van der Waals surface area contributed by atoms with Crippen LogP contribution in [0.4, 0.5) is 0 Å². The Balaban J connectivity index is 2.33. The second-order valence-electron chi connectivity index (χ2n) is 4.85. The lowest BCUT2D eigenvalue weighted by Gasteiger charge is -2.39. The summed E-state index contributed by atoms with van der Waals surface area (Å²) in [4.78, 5) is 15.8. The van der Waals surface area contributed by atoms with Gasteiger partial charge in [-0.1, -0.05) is 6.92 Å². The maximum Gasteiger partial charge on any atom is 0.332 e. The molecule has 0 aromatic heterocycles. The minimum absolute atomic E-state index is 0.455. The number of piperazine rings is 1. The molecule has 0 bridgehead atoms. The van der Waals surface area contributed by atoms with E-state index in [9.17, 15) is 4.79 Å². The summed E-state index contributed by atoms with van der Waals surface area (Å²) in [5.41, 5.74) is 0. The van der Waals surface area contributed by atoms with E-state index in [2.05, 4.69) is 23.6 Å². The van der Waals surface area contributed by atoms with E-state index in [0.29, 0.717) is 19.1 Å². The number of nitrogens with zero attached hydrogens (tertiary/aromatic N) is 2. The van der Waals surface area contributed by atoms with Gasteiger partial charge in [0, 0.05) is 38.8 Å². The summed E-state index contributed by atoms with van der Waals surface area (Å²) in [5, 5.41) is 9.01. The quantitative estimate of drug-likeness (QED) is 0.735. The van der Waals surface area contributed by atoms with Gasteiger partial charge in [0.05, 0.1) is 0 Å². The number of carbonyl (C=O) groups is 1. The summed E-state index contributed by atoms with van der Waals surface area (Å²) in [6, 6.07) is 0.555. The molecule has 5 heteroatoms. The predicted octanol–water partition coefficient (Wildman–Crippen LogP) is 0.892. The van der Waals surface area contributed by atoms with Crippen LogP contribution in [0.5, 0.6) is 0 Å². The van der Waals surface area contributed by atoms with Gasteiger partial charge in [-0.2, -0.15) is 0 Å². The third-order valence-electron chi connectivity index (χ3n) is 3.61. The predicted molar refractivity (Wildman–Crippen MR) is 70.8 cm³/mol. The molecule has 1 heterocycles. The Kier molecular flexibility index (Phi) is 6.60. The van der Waals surface area contributed by atoms with Crippen molar-refractivity contribution in [3.8, 4) is 0 Å². The molecular weight excluding hydrogens is 232 g/mol. The molecule has 0 aliphatic carbocycles. The third kappa shape index (κ3) is 4.55. The van der Waals surface area contributed by atoms with E-state index < -0.39 is 12.1 Å². The maximum absolute atomic E-state index is 11.0. The second-order valence-corrected chi connectivity index (χ2v) is 4.85. The SMILES string of the molecule is CCOC(CCN1CCN(CC)C(C)C1)C(=O)O. The monoisotopic (exact) mass is 258 g/mol. The van der Waals surface area contributed by atoms with Crippen molar-refractivity contribution in [3.05, 3.63) is 0 Å². The number of likely N-dealkylation sites (N-methyl/N-ethyl adjacent to an activating group) is 1. The Morgan fingerprint density at radius 3 is 2.67 bits per heavy atom. The molecule has 18 heavy (non-hydrogen) atoms. The summed E-state index contributed by atoms with van der Waals surface area (Å²) in [7, 11) is 0. The Morgan fingerprint density at radius 1 is 1.44 bits per heavy atom. The number of rotatable bonds is 7. The van der Waals surface area contributed by atoms with E-state index in [1.807, 2.05) is 6.92 Å². The number of carboxylic acid groups (broad SMARTS) is 1. The van der Waals surface area contributed by atoms with E-state index in [-0.39, 0.29) is 0 Å². The minimum atomic E-state index is -0.850. The summed E-state index contributed by atoms with van der Waals surface area (Å²) in [6.07, 6.45) is -0.0864. The maximum atomic E-state index is 11.0. The number of hydrogen-bond donors (Lipinski definition) is 1. The average Bonchev–Trinajstić information content (AvgIpc) is 2.34. The molecule has 0 spiro atoms. The number of carboxylic acids is 1. The standard InChI is InChI=1S/C13H26N2O3/c1-4-15-9-8-14(10-11(15)3)7-6-12(13(16)17)18-5-2/h11-12H,4-10H2,1-3H3,(H,16,17). The lowest BCUT2D eigenvalue weighted by molar-refractivity contribution is -0.150. The van der Waals surface area contributed by atoms with E-state index >= 15 is 0 Å². The van der Waals surface area contributed by atoms with E-state index in [4.69, 9.17) is 9.84 Å². The van der Waals surface area contributed by atoms with Crippen molar-refractivity contribution < 1.29 is 14.6 Å². The van der Waals surface area contributed by atoms with E-state index in [1.165, 1.54) is 0 Å². The Hall–Kier alpha value is -0.650. The van der Waals surface area contributed by atoms with Gasteiger partial charge in [0.1, 0.15) is 0 Å². The number of ether oxygens (including phenoxy) is 1. The Morgan fingerprint density at radius 2 is 2.17 bits per heavy atom. The Labute approximate surface area is 110 Å². The molecule has 1 saturated heterocycles. The Bertz CT molecular complexity index is 261. The zero-order valence-electron chi connectivity index (χ0n) is 11.8. The highest BCUT2D eigenvalue weighted by Gasteiger charge is 2.24. The fourth-order valence-electron chi connectivity index (χ4n) is 2.52. The lowest BCUT2D eigenvalue weighted by atomic mass is 10.1. The molecule has 1 rings (SSSR count). The molecular formula is C13H26N2O3. The van der Waals surface area contributed by atoms with Crippen molar-refractivity contribution in [1.29, 1.82) is 0 Å². The molecule has 1 aliphatic rings. The van der Waals surface area contributed by atoms with Gasteiger partial charge < -0.3 is 14.7 Å². The fourth-order valence-corrected chi connectivity index (χ4v) is 2.52. The van der Waals surface area contributed by atoms with Crippen LogP contribution in [0.1, 0.15) is 27.2 Å². The van der Waals surface area contributed by atoms with Crippen LogP contribution in [-0.4, -0.2) is 72.4 Å². The topological polar surface area (TPSA) is 53.0 Å². The third-order valence-corrected chi connectivity index (χ3v) is 3.61. The molecule has 0 radical (unpaired) electrons. The summed E-state index contributed by atoms with van der Waals surface area (Å²) in [5.74, 6) is -0.850. The molecule has 1 aliphatic heterocycles. The average molecular weight is 258 g/mol. The van der Waals surface area contributed by atoms with Gasteiger partial charge in [-0.15, -0.1) is 0 Å². The van der Waals surface area contributed by atoms with Crippen LogP contribution in [0.25, 0.3) is 0 Å². The first-order valence-corrected chi connectivity index (χ1v) is 6.89. The van der Waals surface area contributed by atoms with Crippen molar-refractivity contribution in [2.75, 3.05) is 39.3 Å². The van der Waals surface area contributed by atoms with Gasteiger partial charge in [0.15, 0.2) is 6.10 Å². The van der Waals surface area contributed by atoms with Gasteiger partial charge >= 0.3 is 5.97 Å². The van der Waals surface area contributed by atoms with Crippen LogP contribution in [-0.2, 0) is 9.53 Å². The first-order valence-electron chi connectivity index (χ1n) is 6.89. The van der Waals surface area contributed by atoms with E-state index in [1.54, 1.807) is 0 Å². The minimum Gasteiger partial charge on any atom is -0.479 e. The van der Waals surface area contributed by atoms with Crippen molar-refractivity contribution in [2.24, 2.45) is 0 Å². The molecule has 1 N–H and O–H groups in total. The molecule has 0 saturated carbocycles. The van der Waals surface area contributed by atoms with Crippen LogP contribution in [0, 0.1) is 0 Å². The molecule has 106 valence electrons. The highest BCUT2D eigenvalue weighted by atomic mass is 16.5. The summed E-state index contributed by atoms with van der Waals surface area (Å²) < 4.78 is 5.23. The van der Waals surface area contributed by atoms with Crippen LogP contribution in [0.15, 0.2) is 0 Å². The van der Waals surface area contributed by atoms with Gasteiger partial charge in [-0.05, 0) is 26.8 Å². The van der Waals surface area contributed by atoms with Crippen molar-refractivity contribution >= 4 is 5.97 Å². The lowest BCUT2D eigenvalue weighted by Crippen LogP contribution is -2.52. The number of hydrogen-bond acceptors (Lipinski definition) is 4. The highest BCUT2D eigenvalue weighted by Crippen LogP contribution is 2.10. The van der Waals surface area contributed by atoms with Gasteiger partial charge in [-0.3, -0.25) is 4.90 Å². The van der Waals surface area contributed by atoms with Crippen LogP contribution < -0.4 is 0 Å². The molecule has 0 aromatic carbocycles. The smallest absolute Gasteiger partial charge is 0.332 e. The van der Waals surface area contributed by atoms with Crippen LogP contribution in [0.3, 0.4) is 0 Å². The molecule has 2 atom stereocenters. The zero-order chi connectivity index (χ0) is 13.5. The first kappa shape index (κ1) is 15.4. The summed E-state index contributed by atoms with van der Waals surface area (Å²) in [6.45, 7) is 11.7. The summed E-state index contributed by atoms with van der Waals surface area (Å²) >= 11 is 0. The fraction of sp³-hybridized carbons (Fsp3) is 0.923. The van der Waals surface area contributed by atoms with Crippen LogP contribution in [0.2, 0.25) is 0 Å². The van der Waals surface area contributed by atoms with Crippen LogP contribution >= 0.6 is 0 Å². The molecule has 1 fully saturated rings. The number of aliphatic carboxylic acids is 1. The molecule has 0 aromatic rings. The molecule has 0 amide bonds. The van der Waals surface area contributed by atoms with E-state index in [0.717, 1.165) is 32.7 Å². The normalized spacial score (nSPS) is 24.1. The van der Waals surface area contributed by atoms with Gasteiger partial charge in [0.2, 0.25) is 0 Å². The van der Waals surface area contributed by atoms with Crippen molar-refractivity contribution in [2.45, 2.75) is 39.3 Å². The highest BCUT2D eigenvalue weighted by molar-refractivity contribution is 5.72. The zero-order valence-corrected chi connectivity index (χ0v) is 11.8.